The molecule has 0 spiro atoms. The number of methoxy groups -OCH3 is 1. The fourth-order valence-electron chi connectivity index (χ4n) is 3.22. The molecular weight excluding hydrogens is 485 g/mol. The van der Waals surface area contributed by atoms with Crippen LogP contribution in [0.3, 0.4) is 0 Å². The molecule has 0 radical (unpaired) electrons. The average Bonchev–Trinajstić information content (AvgIpc) is 3.14. The van der Waals surface area contributed by atoms with Gasteiger partial charge in [0, 0.05) is 11.1 Å². The van der Waals surface area contributed by atoms with Crippen LogP contribution in [0.1, 0.15) is 24.2 Å². The third kappa shape index (κ3) is 3.78. The third-order valence-corrected chi connectivity index (χ3v) is 5.57. The summed E-state index contributed by atoms with van der Waals surface area (Å²) in [4.78, 5) is 13.0. The maximum absolute atomic E-state index is 13.0. The number of anilines is 1. The van der Waals surface area contributed by atoms with Crippen molar-refractivity contribution in [2.75, 3.05) is 19.2 Å². The first kappa shape index (κ1) is 19.6. The fraction of sp³-hybridized carbons (Fsp3) is 0.227. The van der Waals surface area contributed by atoms with Gasteiger partial charge in [0.05, 0.1) is 22.3 Å². The van der Waals surface area contributed by atoms with Gasteiger partial charge in [0.1, 0.15) is 0 Å². The molecule has 0 fully saturated rings. The zero-order valence-electron chi connectivity index (χ0n) is 16.2. The lowest BCUT2D eigenvalue weighted by molar-refractivity contribution is 0.102. The van der Waals surface area contributed by atoms with Crippen LogP contribution in [-0.4, -0.2) is 25.9 Å². The van der Waals surface area contributed by atoms with Gasteiger partial charge in [0.15, 0.2) is 23.0 Å². The van der Waals surface area contributed by atoms with Crippen molar-refractivity contribution >= 4 is 45.0 Å². The highest BCUT2D eigenvalue weighted by Gasteiger charge is 2.20. The van der Waals surface area contributed by atoms with Gasteiger partial charge >= 0.3 is 0 Å². The third-order valence-electron chi connectivity index (χ3n) is 4.49. The van der Waals surface area contributed by atoms with Crippen molar-refractivity contribution in [3.63, 3.8) is 0 Å². The number of fused-ring (bicyclic) bond motifs is 2. The topological polar surface area (TPSA) is 66.0 Å². The summed E-state index contributed by atoms with van der Waals surface area (Å²) in [5.41, 5.74) is 1.21. The monoisotopic (exact) mass is 505 g/mol. The van der Waals surface area contributed by atoms with Crippen molar-refractivity contribution in [3.8, 4) is 23.0 Å². The van der Waals surface area contributed by atoms with E-state index in [4.69, 9.17) is 18.9 Å². The van der Waals surface area contributed by atoms with Gasteiger partial charge in [-0.05, 0) is 72.2 Å². The Labute approximate surface area is 182 Å². The average molecular weight is 505 g/mol. The Balaban J connectivity index is 1.68. The molecule has 0 atom stereocenters. The van der Waals surface area contributed by atoms with E-state index in [9.17, 15) is 4.79 Å². The minimum Gasteiger partial charge on any atom is -0.492 e. The lowest BCUT2D eigenvalue weighted by atomic mass is 10.1. The minimum absolute atomic E-state index is 0.00277. The number of halogens is 1. The number of hydrogen-bond acceptors (Lipinski definition) is 5. The Kier molecular flexibility index (Phi) is 5.40. The maximum Gasteiger partial charge on any atom is 0.256 e. The van der Waals surface area contributed by atoms with Crippen molar-refractivity contribution in [3.05, 3.63) is 51.6 Å². The normalized spacial score (nSPS) is 12.3. The molecule has 1 amide bonds. The summed E-state index contributed by atoms with van der Waals surface area (Å²) in [5.74, 6) is 2.31. The van der Waals surface area contributed by atoms with Gasteiger partial charge in [-0.15, -0.1) is 0 Å². The molecule has 0 bridgehead atoms. The van der Waals surface area contributed by atoms with E-state index in [0.717, 1.165) is 10.8 Å². The number of carbonyl (C=O) groups excluding carboxylic acids is 1. The first-order valence-electron chi connectivity index (χ1n) is 9.15. The Morgan fingerprint density at radius 3 is 2.62 bits per heavy atom. The molecule has 1 heterocycles. The SMILES string of the molecule is COc1c(OC(C)C)ccc(C(=O)Nc2cccc3cc4c(cc23)OCO4)c1I. The van der Waals surface area contributed by atoms with Crippen LogP contribution in [-0.2, 0) is 0 Å². The van der Waals surface area contributed by atoms with E-state index >= 15 is 0 Å². The van der Waals surface area contributed by atoms with Crippen molar-refractivity contribution < 1.29 is 23.7 Å². The summed E-state index contributed by atoms with van der Waals surface area (Å²) in [6.45, 7) is 4.09. The number of benzene rings is 3. The predicted octanol–water partition coefficient (Wildman–Crippen LogP) is 5.22. The molecule has 1 aliphatic heterocycles. The van der Waals surface area contributed by atoms with E-state index in [2.05, 4.69) is 27.9 Å². The molecule has 1 N–H and O–H groups in total. The van der Waals surface area contributed by atoms with Crippen LogP contribution in [0, 0.1) is 3.57 Å². The van der Waals surface area contributed by atoms with Crippen LogP contribution >= 0.6 is 22.6 Å². The molecule has 4 rings (SSSR count). The van der Waals surface area contributed by atoms with Gasteiger partial charge in [0.2, 0.25) is 6.79 Å². The largest absolute Gasteiger partial charge is 0.492 e. The molecule has 0 saturated heterocycles. The van der Waals surface area contributed by atoms with E-state index in [1.54, 1.807) is 19.2 Å². The molecule has 6 nitrogen and oxygen atoms in total. The molecule has 1 aliphatic rings. The van der Waals surface area contributed by atoms with Gasteiger partial charge in [0.25, 0.3) is 5.91 Å². The number of rotatable bonds is 5. The van der Waals surface area contributed by atoms with E-state index < -0.39 is 0 Å². The summed E-state index contributed by atoms with van der Waals surface area (Å²) < 4.78 is 22.9. The van der Waals surface area contributed by atoms with Gasteiger partial charge in [-0.3, -0.25) is 4.79 Å². The number of ether oxygens (including phenoxy) is 4. The van der Waals surface area contributed by atoms with Crippen LogP contribution in [0.4, 0.5) is 5.69 Å². The second kappa shape index (κ2) is 7.98. The van der Waals surface area contributed by atoms with E-state index in [1.807, 2.05) is 44.2 Å². The Bertz CT molecular complexity index is 1100. The first-order valence-corrected chi connectivity index (χ1v) is 10.2. The maximum atomic E-state index is 13.0. The van der Waals surface area contributed by atoms with Gasteiger partial charge < -0.3 is 24.3 Å². The van der Waals surface area contributed by atoms with Gasteiger partial charge in [-0.2, -0.15) is 0 Å². The fourth-order valence-corrected chi connectivity index (χ4v) is 4.13. The number of nitrogens with one attached hydrogen (secondary N) is 1. The quantitative estimate of drug-likeness (QED) is 0.482. The Hall–Kier alpha value is -2.68. The molecule has 0 unspecified atom stereocenters. The molecule has 3 aromatic carbocycles. The molecule has 3 aromatic rings. The molecule has 29 heavy (non-hydrogen) atoms. The molecule has 0 aromatic heterocycles. The van der Waals surface area contributed by atoms with Crippen LogP contribution in [0.2, 0.25) is 0 Å². The Morgan fingerprint density at radius 2 is 1.90 bits per heavy atom. The van der Waals surface area contributed by atoms with E-state index in [-0.39, 0.29) is 18.8 Å². The van der Waals surface area contributed by atoms with Crippen LogP contribution in [0.25, 0.3) is 10.8 Å². The first-order chi connectivity index (χ1) is 14.0. The second-order valence-electron chi connectivity index (χ2n) is 6.81. The highest BCUT2D eigenvalue weighted by Crippen LogP contribution is 2.39. The van der Waals surface area contributed by atoms with Crippen LogP contribution in [0.5, 0.6) is 23.0 Å². The zero-order chi connectivity index (χ0) is 20.5. The standard InChI is InChI=1S/C22H20INO5/c1-12(2)29-17-8-7-14(20(23)21(17)26-3)22(25)24-16-6-4-5-13-9-18-19(10-15(13)16)28-11-27-18/h4-10,12H,11H2,1-3H3,(H,24,25). The Morgan fingerprint density at radius 1 is 1.14 bits per heavy atom. The van der Waals surface area contributed by atoms with Crippen LogP contribution < -0.4 is 24.3 Å². The zero-order valence-corrected chi connectivity index (χ0v) is 18.4. The summed E-state index contributed by atoms with van der Waals surface area (Å²) in [6, 6.07) is 13.0. The smallest absolute Gasteiger partial charge is 0.256 e. The minimum atomic E-state index is -0.228. The van der Waals surface area contributed by atoms with Crippen LogP contribution in [0.15, 0.2) is 42.5 Å². The summed E-state index contributed by atoms with van der Waals surface area (Å²) in [6.07, 6.45) is 0.00277. The highest BCUT2D eigenvalue weighted by atomic mass is 127. The van der Waals surface area contributed by atoms with Gasteiger partial charge in [-0.25, -0.2) is 0 Å². The molecule has 7 heteroatoms. The number of hydrogen-bond donors (Lipinski definition) is 1. The summed E-state index contributed by atoms with van der Waals surface area (Å²) >= 11 is 2.11. The molecule has 0 aliphatic carbocycles. The summed E-state index contributed by atoms with van der Waals surface area (Å²) in [7, 11) is 1.57. The van der Waals surface area contributed by atoms with Gasteiger partial charge in [-0.1, -0.05) is 12.1 Å². The van der Waals surface area contributed by atoms with E-state index in [0.29, 0.717) is 37.8 Å². The number of carbonyl (C=O) groups is 1. The highest BCUT2D eigenvalue weighted by molar-refractivity contribution is 14.1. The summed E-state index contributed by atoms with van der Waals surface area (Å²) in [5, 5.41) is 4.85. The molecular formula is C22H20INO5. The lowest BCUT2D eigenvalue weighted by Crippen LogP contribution is -2.15. The van der Waals surface area contributed by atoms with Crippen molar-refractivity contribution in [2.45, 2.75) is 20.0 Å². The lowest BCUT2D eigenvalue weighted by Gasteiger charge is -2.17. The van der Waals surface area contributed by atoms with E-state index in [1.165, 1.54) is 0 Å². The predicted molar refractivity (Wildman–Crippen MR) is 119 cm³/mol. The molecule has 150 valence electrons. The van der Waals surface area contributed by atoms with Crippen molar-refractivity contribution in [2.24, 2.45) is 0 Å². The van der Waals surface area contributed by atoms with Crippen molar-refractivity contribution in [1.29, 1.82) is 0 Å². The number of amides is 1. The second-order valence-corrected chi connectivity index (χ2v) is 7.89. The molecule has 0 saturated carbocycles. The van der Waals surface area contributed by atoms with Crippen molar-refractivity contribution in [1.82, 2.24) is 0 Å².